The minimum absolute atomic E-state index is 0.159. The number of ketones is 1. The number of carbonyl (C=O) groups is 1. The molecule has 0 saturated carbocycles. The van der Waals surface area contributed by atoms with Gasteiger partial charge in [-0.1, -0.05) is 6.07 Å². The van der Waals surface area contributed by atoms with Gasteiger partial charge in [-0.15, -0.1) is 0 Å². The summed E-state index contributed by atoms with van der Waals surface area (Å²) in [5.41, 5.74) is 4.87. The van der Waals surface area contributed by atoms with E-state index in [1.54, 1.807) is 0 Å². The average Bonchev–Trinajstić information content (AvgIpc) is 3.32. The highest BCUT2D eigenvalue weighted by atomic mass is 16.7. The Labute approximate surface area is 155 Å². The summed E-state index contributed by atoms with van der Waals surface area (Å²) in [6, 6.07) is 9.88. The highest BCUT2D eigenvalue weighted by molar-refractivity contribution is 6.01. The largest absolute Gasteiger partial charge is 0.454 e. The molecule has 4 aliphatic rings. The number of nitrogens with one attached hydrogen (secondary N) is 1. The Kier molecular flexibility index (Phi) is 3.01. The van der Waals surface area contributed by atoms with E-state index in [-0.39, 0.29) is 25.3 Å². The molecule has 2 aromatic rings. The van der Waals surface area contributed by atoms with Gasteiger partial charge >= 0.3 is 0 Å². The Bertz CT molecular complexity index is 1030. The van der Waals surface area contributed by atoms with Gasteiger partial charge in [-0.25, -0.2) is 0 Å². The molecular formula is C21H17NO5. The molecule has 1 atom stereocenters. The van der Waals surface area contributed by atoms with Crippen molar-refractivity contribution in [2.45, 2.75) is 25.2 Å². The van der Waals surface area contributed by atoms with Gasteiger partial charge < -0.3 is 24.3 Å². The van der Waals surface area contributed by atoms with E-state index in [1.807, 2.05) is 30.3 Å². The van der Waals surface area contributed by atoms with Gasteiger partial charge in [0.05, 0.1) is 0 Å². The second kappa shape index (κ2) is 5.42. The van der Waals surface area contributed by atoms with E-state index >= 15 is 0 Å². The lowest BCUT2D eigenvalue weighted by molar-refractivity contribution is -0.116. The highest BCUT2D eigenvalue weighted by Gasteiger charge is 2.37. The van der Waals surface area contributed by atoms with Gasteiger partial charge in [-0.05, 0) is 42.2 Å². The first-order valence-electron chi connectivity index (χ1n) is 9.14. The Morgan fingerprint density at radius 3 is 2.44 bits per heavy atom. The molecule has 0 aromatic heterocycles. The summed E-state index contributed by atoms with van der Waals surface area (Å²) in [5, 5.41) is 3.48. The zero-order valence-electron chi connectivity index (χ0n) is 14.5. The van der Waals surface area contributed by atoms with E-state index in [0.717, 1.165) is 58.2 Å². The summed E-state index contributed by atoms with van der Waals surface area (Å²) < 4.78 is 22.2. The van der Waals surface area contributed by atoms with Crippen molar-refractivity contribution in [1.82, 2.24) is 0 Å². The summed E-state index contributed by atoms with van der Waals surface area (Å²) in [5.74, 6) is 2.95. The summed E-state index contributed by atoms with van der Waals surface area (Å²) in [4.78, 5) is 12.9. The Balaban J connectivity index is 1.57. The number of fused-ring (bicyclic) bond motifs is 3. The maximum Gasteiger partial charge on any atom is 0.231 e. The van der Waals surface area contributed by atoms with Crippen LogP contribution in [0.25, 0.3) is 0 Å². The Morgan fingerprint density at radius 2 is 1.59 bits per heavy atom. The molecule has 2 aromatic carbocycles. The van der Waals surface area contributed by atoms with Crippen LogP contribution in [0, 0.1) is 0 Å². The molecule has 3 heterocycles. The second-order valence-electron chi connectivity index (χ2n) is 7.13. The third-order valence-electron chi connectivity index (χ3n) is 5.62. The van der Waals surface area contributed by atoms with Crippen LogP contribution in [0.3, 0.4) is 0 Å². The van der Waals surface area contributed by atoms with Gasteiger partial charge in [0.25, 0.3) is 0 Å². The number of hydrogen-bond acceptors (Lipinski definition) is 6. The number of anilines is 1. The van der Waals surface area contributed by atoms with Crippen molar-refractivity contribution < 1.29 is 23.7 Å². The number of benzene rings is 2. The fraction of sp³-hybridized carbons (Fsp3) is 0.286. The molecule has 1 aliphatic carbocycles. The topological polar surface area (TPSA) is 66.0 Å². The van der Waals surface area contributed by atoms with Crippen LogP contribution in [-0.2, 0) is 4.79 Å². The molecule has 0 saturated heterocycles. The molecule has 6 nitrogen and oxygen atoms in total. The maximum absolute atomic E-state index is 12.9. The molecule has 3 aliphatic heterocycles. The van der Waals surface area contributed by atoms with Gasteiger partial charge in [0.15, 0.2) is 28.8 Å². The lowest BCUT2D eigenvalue weighted by Crippen LogP contribution is -2.26. The van der Waals surface area contributed by atoms with Crippen molar-refractivity contribution in [2.24, 2.45) is 0 Å². The van der Waals surface area contributed by atoms with Gasteiger partial charge in [-0.2, -0.15) is 0 Å². The molecule has 0 bridgehead atoms. The van der Waals surface area contributed by atoms with E-state index < -0.39 is 0 Å². The predicted molar refractivity (Wildman–Crippen MR) is 96.5 cm³/mol. The number of rotatable bonds is 1. The summed E-state index contributed by atoms with van der Waals surface area (Å²) in [6.45, 7) is 0.451. The summed E-state index contributed by atoms with van der Waals surface area (Å²) in [7, 11) is 0. The van der Waals surface area contributed by atoms with Crippen molar-refractivity contribution in [3.05, 3.63) is 52.7 Å². The molecule has 0 amide bonds. The first-order chi connectivity index (χ1) is 13.3. The first kappa shape index (κ1) is 15.0. The van der Waals surface area contributed by atoms with E-state index in [9.17, 15) is 4.79 Å². The molecular weight excluding hydrogens is 346 g/mol. The quantitative estimate of drug-likeness (QED) is 0.833. The number of Topliss-reactive ketones (excluding diaryl/α,β-unsaturated/α-hetero) is 1. The van der Waals surface area contributed by atoms with Crippen LogP contribution in [0.2, 0.25) is 0 Å². The molecule has 0 fully saturated rings. The lowest BCUT2D eigenvalue weighted by atomic mass is 9.75. The van der Waals surface area contributed by atoms with Crippen molar-refractivity contribution in [2.75, 3.05) is 18.9 Å². The molecule has 27 heavy (non-hydrogen) atoms. The molecule has 1 N–H and O–H groups in total. The van der Waals surface area contributed by atoms with Crippen molar-refractivity contribution >= 4 is 11.5 Å². The number of carbonyl (C=O) groups excluding carboxylic acids is 1. The van der Waals surface area contributed by atoms with Crippen molar-refractivity contribution in [3.63, 3.8) is 0 Å². The van der Waals surface area contributed by atoms with Crippen LogP contribution in [0.15, 0.2) is 41.6 Å². The van der Waals surface area contributed by atoms with Crippen LogP contribution in [0.5, 0.6) is 23.0 Å². The van der Waals surface area contributed by atoms with Gasteiger partial charge in [-0.3, -0.25) is 4.79 Å². The highest BCUT2D eigenvalue weighted by Crippen LogP contribution is 2.50. The van der Waals surface area contributed by atoms with Gasteiger partial charge in [0.2, 0.25) is 13.6 Å². The lowest BCUT2D eigenvalue weighted by Gasteiger charge is -2.34. The van der Waals surface area contributed by atoms with Crippen LogP contribution in [0.1, 0.15) is 36.3 Å². The van der Waals surface area contributed by atoms with Crippen LogP contribution in [0.4, 0.5) is 5.69 Å². The Hall–Kier alpha value is -3.15. The normalized spacial score (nSPS) is 21.6. The third kappa shape index (κ3) is 2.16. The van der Waals surface area contributed by atoms with E-state index in [2.05, 4.69) is 5.32 Å². The zero-order chi connectivity index (χ0) is 18.0. The van der Waals surface area contributed by atoms with Gasteiger partial charge in [0, 0.05) is 35.4 Å². The summed E-state index contributed by atoms with van der Waals surface area (Å²) in [6.07, 6.45) is 2.33. The number of ether oxygens (including phenoxy) is 4. The Morgan fingerprint density at radius 1 is 0.852 bits per heavy atom. The smallest absolute Gasteiger partial charge is 0.231 e. The van der Waals surface area contributed by atoms with Crippen LogP contribution in [-0.4, -0.2) is 19.4 Å². The molecule has 136 valence electrons. The summed E-state index contributed by atoms with van der Waals surface area (Å²) >= 11 is 0. The second-order valence-corrected chi connectivity index (χ2v) is 7.13. The van der Waals surface area contributed by atoms with Gasteiger partial charge in [0.1, 0.15) is 0 Å². The molecule has 6 heteroatoms. The molecule has 0 unspecified atom stereocenters. The number of hydrogen-bond donors (Lipinski definition) is 1. The zero-order valence-corrected chi connectivity index (χ0v) is 14.5. The minimum Gasteiger partial charge on any atom is -0.454 e. The van der Waals surface area contributed by atoms with E-state index in [4.69, 9.17) is 18.9 Å². The SMILES string of the molecule is O=C1CCCC2=C1[C@H](c1ccc3c(c1)OCO3)c1cc3c(cc1N2)OCO3. The van der Waals surface area contributed by atoms with Crippen molar-refractivity contribution in [1.29, 1.82) is 0 Å². The predicted octanol–water partition coefficient (Wildman–Crippen LogP) is 3.71. The maximum atomic E-state index is 12.9. The molecule has 0 spiro atoms. The third-order valence-corrected chi connectivity index (χ3v) is 5.62. The standard InChI is InChI=1S/C21H17NO5/c23-15-3-1-2-13-21(15)20(11-4-5-16-17(6-11)25-9-24-16)12-7-18-19(27-10-26-18)8-14(12)22-13/h4-8,20,22H,1-3,9-10H2/t20-/m1/s1. The minimum atomic E-state index is -0.159. The number of allylic oxidation sites excluding steroid dienone is 2. The van der Waals surface area contributed by atoms with Crippen LogP contribution >= 0.6 is 0 Å². The molecule has 6 rings (SSSR count). The monoisotopic (exact) mass is 363 g/mol. The average molecular weight is 363 g/mol. The fourth-order valence-corrected chi connectivity index (χ4v) is 4.39. The van der Waals surface area contributed by atoms with Crippen molar-refractivity contribution in [3.8, 4) is 23.0 Å². The molecule has 0 radical (unpaired) electrons. The van der Waals surface area contributed by atoms with E-state index in [1.165, 1.54) is 0 Å². The van der Waals surface area contributed by atoms with Crippen LogP contribution < -0.4 is 24.3 Å². The fourth-order valence-electron chi connectivity index (χ4n) is 4.39. The van der Waals surface area contributed by atoms with E-state index in [0.29, 0.717) is 12.2 Å². The first-order valence-corrected chi connectivity index (χ1v) is 9.14.